The molecule has 0 radical (unpaired) electrons. The lowest BCUT2D eigenvalue weighted by Crippen LogP contribution is -2.44. The summed E-state index contributed by atoms with van der Waals surface area (Å²) in [6.07, 6.45) is 0. The summed E-state index contributed by atoms with van der Waals surface area (Å²) in [6.45, 7) is 1.79. The van der Waals surface area contributed by atoms with Crippen LogP contribution in [0, 0.1) is 0 Å². The molecule has 2 N–H and O–H groups in total. The molecule has 0 saturated carbocycles. The van der Waals surface area contributed by atoms with Gasteiger partial charge in [-0.25, -0.2) is 0 Å². The minimum Gasteiger partial charge on any atom is -0.497 e. The number of nitrogens with zero attached hydrogens (tertiary/aromatic N) is 1. The molecule has 0 aliphatic heterocycles. The number of methoxy groups -OCH3 is 1. The van der Waals surface area contributed by atoms with Gasteiger partial charge < -0.3 is 15.0 Å². The van der Waals surface area contributed by atoms with Crippen LogP contribution in [0.25, 0.3) is 0 Å². The molecule has 1 atom stereocenters. The molecule has 2 amide bonds. The first kappa shape index (κ1) is 16.0. The second-order valence-corrected chi connectivity index (χ2v) is 4.62. The number of carbonyl (C=O) groups excluding carboxylic acids is 2. The van der Waals surface area contributed by atoms with Crippen LogP contribution in [0.1, 0.15) is 6.92 Å². The molecule has 6 heteroatoms. The van der Waals surface area contributed by atoms with Gasteiger partial charge in [0, 0.05) is 25.8 Å². The van der Waals surface area contributed by atoms with E-state index >= 15 is 0 Å². The van der Waals surface area contributed by atoms with Gasteiger partial charge in [0.05, 0.1) is 19.7 Å². The number of carbonyl (C=O) groups is 2. The average molecular weight is 279 g/mol. The molecular formula is C14H21N3O3. The molecular weight excluding hydrogens is 258 g/mol. The highest BCUT2D eigenvalue weighted by molar-refractivity contribution is 5.93. The number of benzene rings is 1. The van der Waals surface area contributed by atoms with Crippen molar-refractivity contribution in [3.8, 4) is 5.75 Å². The standard InChI is InChI=1S/C14H21N3O3/c1-10(14(19)17(2)3)15-9-13(18)16-11-6-5-7-12(8-11)20-4/h5-8,10,15H,9H2,1-4H3,(H,16,18). The minimum atomic E-state index is -0.402. The number of ether oxygens (including phenoxy) is 1. The van der Waals surface area contributed by atoms with Crippen LogP contribution in [0.5, 0.6) is 5.75 Å². The maximum Gasteiger partial charge on any atom is 0.238 e. The third kappa shape index (κ3) is 4.89. The molecule has 0 bridgehead atoms. The van der Waals surface area contributed by atoms with Crippen molar-refractivity contribution in [3.05, 3.63) is 24.3 Å². The number of likely N-dealkylation sites (N-methyl/N-ethyl adjacent to an activating group) is 1. The van der Waals surface area contributed by atoms with Gasteiger partial charge in [-0.3, -0.25) is 14.9 Å². The van der Waals surface area contributed by atoms with Crippen molar-refractivity contribution in [1.29, 1.82) is 0 Å². The Bertz CT molecular complexity index is 474. The van der Waals surface area contributed by atoms with Crippen LogP contribution in [0.15, 0.2) is 24.3 Å². The summed E-state index contributed by atoms with van der Waals surface area (Å²) in [5.41, 5.74) is 0.655. The third-order valence-corrected chi connectivity index (χ3v) is 2.73. The maximum atomic E-state index is 11.8. The van der Waals surface area contributed by atoms with Gasteiger partial charge >= 0.3 is 0 Å². The summed E-state index contributed by atoms with van der Waals surface area (Å²) in [5.74, 6) is 0.391. The van der Waals surface area contributed by atoms with E-state index in [1.807, 2.05) is 0 Å². The monoisotopic (exact) mass is 279 g/mol. The van der Waals surface area contributed by atoms with Gasteiger partial charge in [-0.2, -0.15) is 0 Å². The van der Waals surface area contributed by atoms with Crippen molar-refractivity contribution >= 4 is 17.5 Å². The average Bonchev–Trinajstić information content (AvgIpc) is 2.43. The SMILES string of the molecule is COc1cccc(NC(=O)CNC(C)C(=O)N(C)C)c1. The minimum absolute atomic E-state index is 0.0674. The number of hydrogen-bond donors (Lipinski definition) is 2. The van der Waals surface area contributed by atoms with E-state index in [9.17, 15) is 9.59 Å². The predicted molar refractivity (Wildman–Crippen MR) is 77.8 cm³/mol. The lowest BCUT2D eigenvalue weighted by molar-refractivity contribution is -0.130. The van der Waals surface area contributed by atoms with E-state index < -0.39 is 6.04 Å². The van der Waals surface area contributed by atoms with Crippen molar-refractivity contribution in [3.63, 3.8) is 0 Å². The van der Waals surface area contributed by atoms with Crippen LogP contribution in [0.2, 0.25) is 0 Å². The Morgan fingerprint density at radius 1 is 1.35 bits per heavy atom. The van der Waals surface area contributed by atoms with Crippen LogP contribution >= 0.6 is 0 Å². The first-order valence-corrected chi connectivity index (χ1v) is 6.32. The fourth-order valence-electron chi connectivity index (χ4n) is 1.63. The summed E-state index contributed by atoms with van der Waals surface area (Å²) in [4.78, 5) is 24.9. The molecule has 110 valence electrons. The number of rotatable bonds is 6. The molecule has 0 saturated heterocycles. The van der Waals surface area contributed by atoms with Crippen molar-refractivity contribution in [2.24, 2.45) is 0 Å². The van der Waals surface area contributed by atoms with Crippen LogP contribution in [0.3, 0.4) is 0 Å². The molecule has 0 aromatic heterocycles. The smallest absolute Gasteiger partial charge is 0.238 e. The Kier molecular flexibility index (Phi) is 5.99. The molecule has 6 nitrogen and oxygen atoms in total. The number of nitrogens with one attached hydrogen (secondary N) is 2. The van der Waals surface area contributed by atoms with Gasteiger partial charge in [0.25, 0.3) is 0 Å². The molecule has 0 spiro atoms. The highest BCUT2D eigenvalue weighted by Gasteiger charge is 2.15. The zero-order valence-electron chi connectivity index (χ0n) is 12.3. The van der Waals surface area contributed by atoms with Crippen molar-refractivity contribution in [2.75, 3.05) is 33.1 Å². The topological polar surface area (TPSA) is 70.7 Å². The lowest BCUT2D eigenvalue weighted by Gasteiger charge is -2.17. The number of hydrogen-bond acceptors (Lipinski definition) is 4. The van der Waals surface area contributed by atoms with Crippen molar-refractivity contribution < 1.29 is 14.3 Å². The summed E-state index contributed by atoms with van der Waals surface area (Å²) in [6, 6.07) is 6.69. The maximum absolute atomic E-state index is 11.8. The fourth-order valence-corrected chi connectivity index (χ4v) is 1.63. The molecule has 1 unspecified atom stereocenters. The zero-order valence-corrected chi connectivity index (χ0v) is 12.3. The Hall–Kier alpha value is -2.08. The van der Waals surface area contributed by atoms with Gasteiger partial charge in [-0.15, -0.1) is 0 Å². The fraction of sp³-hybridized carbons (Fsp3) is 0.429. The Balaban J connectivity index is 2.45. The predicted octanol–water partition coefficient (Wildman–Crippen LogP) is 0.700. The van der Waals surface area contributed by atoms with Gasteiger partial charge in [0.15, 0.2) is 0 Å². The zero-order chi connectivity index (χ0) is 15.1. The Labute approximate surface area is 119 Å². The lowest BCUT2D eigenvalue weighted by atomic mass is 10.3. The largest absolute Gasteiger partial charge is 0.497 e. The van der Waals surface area contributed by atoms with Crippen LogP contribution in [-0.2, 0) is 9.59 Å². The highest BCUT2D eigenvalue weighted by atomic mass is 16.5. The quantitative estimate of drug-likeness (QED) is 0.804. The van der Waals surface area contributed by atoms with E-state index in [0.717, 1.165) is 0 Å². The Morgan fingerprint density at radius 2 is 2.05 bits per heavy atom. The number of anilines is 1. The Morgan fingerprint density at radius 3 is 2.65 bits per heavy atom. The molecule has 0 fully saturated rings. The van der Waals surface area contributed by atoms with Gasteiger partial charge in [-0.05, 0) is 19.1 Å². The normalized spacial score (nSPS) is 11.6. The summed E-state index contributed by atoms with van der Waals surface area (Å²) in [5, 5.41) is 5.61. The highest BCUT2D eigenvalue weighted by Crippen LogP contribution is 2.16. The number of amides is 2. The molecule has 1 aromatic carbocycles. The van der Waals surface area contributed by atoms with E-state index in [0.29, 0.717) is 11.4 Å². The summed E-state index contributed by atoms with van der Waals surface area (Å²) >= 11 is 0. The molecule has 1 aromatic rings. The van der Waals surface area contributed by atoms with Gasteiger partial charge in [0.2, 0.25) is 11.8 Å². The van der Waals surface area contributed by atoms with E-state index in [1.54, 1.807) is 52.4 Å². The van der Waals surface area contributed by atoms with Gasteiger partial charge in [-0.1, -0.05) is 6.07 Å². The molecule has 0 aliphatic carbocycles. The summed E-state index contributed by atoms with van der Waals surface area (Å²) < 4.78 is 5.08. The summed E-state index contributed by atoms with van der Waals surface area (Å²) in [7, 11) is 4.92. The molecule has 0 heterocycles. The van der Waals surface area contributed by atoms with Gasteiger partial charge in [0.1, 0.15) is 5.75 Å². The van der Waals surface area contributed by atoms with E-state index in [1.165, 1.54) is 4.90 Å². The first-order valence-electron chi connectivity index (χ1n) is 6.32. The molecule has 20 heavy (non-hydrogen) atoms. The van der Waals surface area contributed by atoms with Crippen molar-refractivity contribution in [1.82, 2.24) is 10.2 Å². The third-order valence-electron chi connectivity index (χ3n) is 2.73. The van der Waals surface area contributed by atoms with Crippen molar-refractivity contribution in [2.45, 2.75) is 13.0 Å². The van der Waals surface area contributed by atoms with Crippen LogP contribution < -0.4 is 15.4 Å². The second kappa shape index (κ2) is 7.49. The molecule has 0 aliphatic rings. The second-order valence-electron chi connectivity index (χ2n) is 4.62. The van der Waals surface area contributed by atoms with E-state index in [2.05, 4.69) is 10.6 Å². The first-order chi connectivity index (χ1) is 9.43. The van der Waals surface area contributed by atoms with Crippen LogP contribution in [-0.4, -0.2) is 50.5 Å². The van der Waals surface area contributed by atoms with Crippen LogP contribution in [0.4, 0.5) is 5.69 Å². The molecule has 1 rings (SSSR count). The van der Waals surface area contributed by atoms with E-state index in [4.69, 9.17) is 4.74 Å². The van der Waals surface area contributed by atoms with E-state index in [-0.39, 0.29) is 18.4 Å².